The molecule has 2 heterocycles. The Labute approximate surface area is 156 Å². The summed E-state index contributed by atoms with van der Waals surface area (Å²) in [4.78, 5) is 20.2. The summed E-state index contributed by atoms with van der Waals surface area (Å²) in [6.45, 7) is 11.9. The summed E-state index contributed by atoms with van der Waals surface area (Å²) in [5, 5.41) is 0. The van der Waals surface area contributed by atoms with Gasteiger partial charge in [0.15, 0.2) is 0 Å². The molecule has 1 saturated carbocycles. The number of nitrogens with zero attached hydrogens (tertiary/aromatic N) is 3. The molecule has 4 rings (SSSR count). The molecule has 138 valence electrons. The van der Waals surface area contributed by atoms with Gasteiger partial charge in [0.2, 0.25) is 0 Å². The molecule has 4 heteroatoms. The zero-order valence-electron chi connectivity index (χ0n) is 16.5. The van der Waals surface area contributed by atoms with Crippen molar-refractivity contribution in [3.63, 3.8) is 0 Å². The second kappa shape index (κ2) is 5.70. The number of aryl methyl sites for hydroxylation is 1. The maximum Gasteiger partial charge on any atom is 0.274 e. The average Bonchev–Trinajstić information content (AvgIpc) is 2.99. The third-order valence-electron chi connectivity index (χ3n) is 6.17. The van der Waals surface area contributed by atoms with E-state index >= 15 is 0 Å². The average molecular weight is 351 g/mol. The maximum absolute atomic E-state index is 13.4. The Bertz CT molecular complexity index is 852. The lowest BCUT2D eigenvalue weighted by atomic mass is 9.65. The normalized spacial score (nSPS) is 27.0. The summed E-state index contributed by atoms with van der Waals surface area (Å²) >= 11 is 0. The molecule has 2 unspecified atom stereocenters. The molecule has 0 spiro atoms. The standard InChI is InChI=1S/C22H29N3O/c1-15-19(23-16(2)25(15)17-9-7-6-8-10-17)20(26)24-14-22(5)12-18(24)11-21(3,4)13-22/h6-10,18H,11-14H2,1-5H3. The van der Waals surface area contributed by atoms with Crippen molar-refractivity contribution < 1.29 is 4.79 Å². The smallest absolute Gasteiger partial charge is 0.274 e. The number of likely N-dealkylation sites (tertiary alicyclic amines) is 1. The van der Waals surface area contributed by atoms with E-state index in [0.717, 1.165) is 36.6 Å². The number of rotatable bonds is 2. The second-order valence-electron chi connectivity index (χ2n) is 9.41. The number of fused-ring (bicyclic) bond motifs is 2. The van der Waals surface area contributed by atoms with Crippen LogP contribution in [0.25, 0.3) is 5.69 Å². The molecule has 2 aliphatic rings. The third kappa shape index (κ3) is 2.76. The van der Waals surface area contributed by atoms with Gasteiger partial charge in [0.05, 0.1) is 5.69 Å². The molecule has 1 aromatic heterocycles. The lowest BCUT2D eigenvalue weighted by Gasteiger charge is -2.39. The molecule has 0 N–H and O–H groups in total. The van der Waals surface area contributed by atoms with E-state index in [1.54, 1.807) is 0 Å². The minimum absolute atomic E-state index is 0.103. The Balaban J connectivity index is 1.68. The fourth-order valence-corrected chi connectivity index (χ4v) is 5.63. The van der Waals surface area contributed by atoms with Crippen LogP contribution in [0.2, 0.25) is 0 Å². The first-order valence-corrected chi connectivity index (χ1v) is 9.62. The number of amides is 1. The zero-order valence-corrected chi connectivity index (χ0v) is 16.5. The number of para-hydroxylation sites is 1. The highest BCUT2D eigenvalue weighted by atomic mass is 16.2. The molecule has 26 heavy (non-hydrogen) atoms. The minimum atomic E-state index is 0.103. The van der Waals surface area contributed by atoms with Crippen molar-refractivity contribution in [3.05, 3.63) is 47.5 Å². The Morgan fingerprint density at radius 1 is 1.12 bits per heavy atom. The molecule has 2 bridgehead atoms. The number of hydrogen-bond donors (Lipinski definition) is 0. The number of hydrogen-bond acceptors (Lipinski definition) is 2. The van der Waals surface area contributed by atoms with Crippen molar-refractivity contribution in [1.82, 2.24) is 14.5 Å². The van der Waals surface area contributed by atoms with E-state index in [1.807, 2.05) is 32.0 Å². The number of carbonyl (C=O) groups excluding carboxylic acids is 1. The zero-order chi connectivity index (χ0) is 18.7. The lowest BCUT2D eigenvalue weighted by Crippen LogP contribution is -2.38. The van der Waals surface area contributed by atoms with E-state index in [-0.39, 0.29) is 11.3 Å². The van der Waals surface area contributed by atoms with E-state index in [1.165, 1.54) is 6.42 Å². The predicted octanol–water partition coefficient (Wildman–Crippen LogP) is 4.53. The van der Waals surface area contributed by atoms with Crippen LogP contribution in [0.3, 0.4) is 0 Å². The van der Waals surface area contributed by atoms with Gasteiger partial charge < -0.3 is 9.47 Å². The SMILES string of the molecule is Cc1nc(C(=O)N2CC3(C)CC2CC(C)(C)C3)c(C)n1-c1ccccc1. The van der Waals surface area contributed by atoms with Crippen LogP contribution in [0, 0.1) is 24.7 Å². The van der Waals surface area contributed by atoms with Gasteiger partial charge in [0.25, 0.3) is 5.91 Å². The summed E-state index contributed by atoms with van der Waals surface area (Å²) in [7, 11) is 0. The quantitative estimate of drug-likeness (QED) is 0.797. The molecule has 2 atom stereocenters. The molecule has 2 fully saturated rings. The molecular formula is C22H29N3O. The van der Waals surface area contributed by atoms with Crippen molar-refractivity contribution >= 4 is 5.91 Å². The summed E-state index contributed by atoms with van der Waals surface area (Å²) < 4.78 is 2.08. The first-order chi connectivity index (χ1) is 12.2. The van der Waals surface area contributed by atoms with Crippen LogP contribution in [-0.4, -0.2) is 32.9 Å². The van der Waals surface area contributed by atoms with Gasteiger partial charge in [0.1, 0.15) is 11.5 Å². The molecule has 1 aliphatic heterocycles. The van der Waals surface area contributed by atoms with Crippen LogP contribution >= 0.6 is 0 Å². The highest BCUT2D eigenvalue weighted by molar-refractivity contribution is 5.94. The van der Waals surface area contributed by atoms with E-state index in [9.17, 15) is 4.79 Å². The van der Waals surface area contributed by atoms with Gasteiger partial charge in [-0.3, -0.25) is 4.79 Å². The third-order valence-corrected chi connectivity index (χ3v) is 6.17. The van der Waals surface area contributed by atoms with Crippen molar-refractivity contribution in [3.8, 4) is 5.69 Å². The van der Waals surface area contributed by atoms with Gasteiger partial charge in [-0.1, -0.05) is 39.0 Å². The highest BCUT2D eigenvalue weighted by Crippen LogP contribution is 2.52. The van der Waals surface area contributed by atoms with Crippen LogP contribution in [0.5, 0.6) is 0 Å². The number of benzene rings is 1. The Morgan fingerprint density at radius 3 is 2.50 bits per heavy atom. The molecule has 2 aromatic rings. The van der Waals surface area contributed by atoms with Crippen LogP contribution in [0.4, 0.5) is 0 Å². The Kier molecular flexibility index (Phi) is 3.80. The topological polar surface area (TPSA) is 38.1 Å². The van der Waals surface area contributed by atoms with E-state index in [0.29, 0.717) is 17.2 Å². The lowest BCUT2D eigenvalue weighted by molar-refractivity contribution is 0.0702. The largest absolute Gasteiger partial charge is 0.334 e. The fourth-order valence-electron chi connectivity index (χ4n) is 5.63. The molecular weight excluding hydrogens is 322 g/mol. The van der Waals surface area contributed by atoms with E-state index < -0.39 is 0 Å². The van der Waals surface area contributed by atoms with Gasteiger partial charge >= 0.3 is 0 Å². The second-order valence-corrected chi connectivity index (χ2v) is 9.41. The molecule has 1 aliphatic carbocycles. The molecule has 1 aromatic carbocycles. The highest BCUT2D eigenvalue weighted by Gasteiger charge is 2.51. The van der Waals surface area contributed by atoms with Crippen molar-refractivity contribution in [1.29, 1.82) is 0 Å². The van der Waals surface area contributed by atoms with Gasteiger partial charge in [-0.15, -0.1) is 0 Å². The molecule has 1 saturated heterocycles. The van der Waals surface area contributed by atoms with E-state index in [4.69, 9.17) is 0 Å². The monoisotopic (exact) mass is 351 g/mol. The van der Waals surface area contributed by atoms with Crippen molar-refractivity contribution in [2.45, 2.75) is 59.9 Å². The van der Waals surface area contributed by atoms with E-state index in [2.05, 4.69) is 47.4 Å². The Hall–Kier alpha value is -2.10. The van der Waals surface area contributed by atoms with Crippen molar-refractivity contribution in [2.24, 2.45) is 10.8 Å². The molecule has 4 nitrogen and oxygen atoms in total. The van der Waals surface area contributed by atoms with Gasteiger partial charge in [-0.05, 0) is 56.1 Å². The fraction of sp³-hybridized carbons (Fsp3) is 0.545. The first kappa shape index (κ1) is 17.3. The molecule has 1 amide bonds. The van der Waals surface area contributed by atoms with Crippen LogP contribution in [0.15, 0.2) is 30.3 Å². The Morgan fingerprint density at radius 2 is 1.81 bits per heavy atom. The summed E-state index contributed by atoms with van der Waals surface area (Å²) in [5.74, 6) is 0.970. The number of aromatic nitrogens is 2. The van der Waals surface area contributed by atoms with Crippen LogP contribution in [-0.2, 0) is 0 Å². The maximum atomic E-state index is 13.4. The first-order valence-electron chi connectivity index (χ1n) is 9.62. The molecule has 0 radical (unpaired) electrons. The van der Waals surface area contributed by atoms with Gasteiger partial charge in [-0.25, -0.2) is 4.98 Å². The van der Waals surface area contributed by atoms with Gasteiger partial charge in [-0.2, -0.15) is 0 Å². The number of carbonyl (C=O) groups is 1. The van der Waals surface area contributed by atoms with Crippen molar-refractivity contribution in [2.75, 3.05) is 6.54 Å². The summed E-state index contributed by atoms with van der Waals surface area (Å²) in [6.07, 6.45) is 3.40. The summed E-state index contributed by atoms with van der Waals surface area (Å²) in [6, 6.07) is 10.5. The number of imidazole rings is 1. The predicted molar refractivity (Wildman–Crippen MR) is 104 cm³/mol. The summed E-state index contributed by atoms with van der Waals surface area (Å²) in [5.41, 5.74) is 3.15. The minimum Gasteiger partial charge on any atom is -0.334 e. The van der Waals surface area contributed by atoms with Crippen LogP contribution < -0.4 is 0 Å². The van der Waals surface area contributed by atoms with Gasteiger partial charge in [0, 0.05) is 18.3 Å². The van der Waals surface area contributed by atoms with Crippen LogP contribution in [0.1, 0.15) is 62.0 Å².